The lowest BCUT2D eigenvalue weighted by Crippen LogP contribution is -2.25. The minimum absolute atomic E-state index is 0. The minimum atomic E-state index is -0.0452. The van der Waals surface area contributed by atoms with Crippen molar-refractivity contribution in [1.82, 2.24) is 0 Å². The molecule has 2 rings (SSSR count). The van der Waals surface area contributed by atoms with Crippen molar-refractivity contribution in [2.45, 2.75) is 33.8 Å². The molecule has 2 aromatic carbocycles. The molecule has 5 heteroatoms. The first kappa shape index (κ1) is 20.3. The van der Waals surface area contributed by atoms with Crippen molar-refractivity contribution in [2.75, 3.05) is 11.9 Å². The van der Waals surface area contributed by atoms with E-state index in [4.69, 9.17) is 10.5 Å². The van der Waals surface area contributed by atoms with E-state index < -0.39 is 0 Å². The standard InChI is InChI=1S/C19H25N3O.HI/c1-13-9-10-17(11-15(13)3)22-19(20)21-12-16(4)23-18-8-6-5-7-14(18)2;/h5-11,16H,12H2,1-4H3,(H3,20,21,22);1H. The normalized spacial score (nSPS) is 12.2. The monoisotopic (exact) mass is 439 g/mol. The van der Waals surface area contributed by atoms with E-state index in [1.54, 1.807) is 0 Å². The quantitative estimate of drug-likeness (QED) is 0.412. The van der Waals surface area contributed by atoms with Gasteiger partial charge in [0.15, 0.2) is 5.96 Å². The van der Waals surface area contributed by atoms with Crippen LogP contribution in [0, 0.1) is 20.8 Å². The second kappa shape index (κ2) is 9.52. The van der Waals surface area contributed by atoms with Crippen molar-refractivity contribution in [2.24, 2.45) is 10.7 Å². The first-order chi connectivity index (χ1) is 11.0. The Morgan fingerprint density at radius 1 is 1.08 bits per heavy atom. The Morgan fingerprint density at radius 2 is 1.79 bits per heavy atom. The van der Waals surface area contributed by atoms with Crippen LogP contribution in [0.5, 0.6) is 5.75 Å². The molecule has 0 aliphatic rings. The largest absolute Gasteiger partial charge is 0.489 e. The smallest absolute Gasteiger partial charge is 0.193 e. The van der Waals surface area contributed by atoms with Gasteiger partial charge in [-0.15, -0.1) is 24.0 Å². The number of guanidine groups is 1. The predicted octanol–water partition coefficient (Wildman–Crippen LogP) is 4.42. The fourth-order valence-corrected chi connectivity index (χ4v) is 2.18. The zero-order valence-corrected chi connectivity index (χ0v) is 17.0. The fourth-order valence-electron chi connectivity index (χ4n) is 2.18. The van der Waals surface area contributed by atoms with Gasteiger partial charge < -0.3 is 15.8 Å². The maximum atomic E-state index is 5.95. The highest BCUT2D eigenvalue weighted by atomic mass is 127. The SMILES string of the molecule is Cc1ccc(NC(N)=NCC(C)Oc2ccccc2C)cc1C.I. The number of benzene rings is 2. The van der Waals surface area contributed by atoms with E-state index in [1.165, 1.54) is 11.1 Å². The molecule has 0 aliphatic carbocycles. The van der Waals surface area contributed by atoms with Crippen LogP contribution >= 0.6 is 24.0 Å². The Bertz CT molecular complexity index is 701. The van der Waals surface area contributed by atoms with E-state index in [2.05, 4.69) is 36.3 Å². The molecule has 0 amide bonds. The summed E-state index contributed by atoms with van der Waals surface area (Å²) in [6.07, 6.45) is -0.0452. The van der Waals surface area contributed by atoms with Gasteiger partial charge in [0.2, 0.25) is 0 Å². The molecule has 0 bridgehead atoms. The molecule has 0 spiro atoms. The van der Waals surface area contributed by atoms with E-state index >= 15 is 0 Å². The molecular formula is C19H26IN3O. The highest BCUT2D eigenvalue weighted by molar-refractivity contribution is 14.0. The van der Waals surface area contributed by atoms with E-state index in [1.807, 2.05) is 44.2 Å². The van der Waals surface area contributed by atoms with Crippen LogP contribution in [-0.2, 0) is 0 Å². The van der Waals surface area contributed by atoms with E-state index in [9.17, 15) is 0 Å². The molecule has 2 aromatic rings. The average molecular weight is 439 g/mol. The summed E-state index contributed by atoms with van der Waals surface area (Å²) in [4.78, 5) is 4.36. The van der Waals surface area contributed by atoms with Crippen LogP contribution < -0.4 is 15.8 Å². The molecular weight excluding hydrogens is 413 g/mol. The van der Waals surface area contributed by atoms with Gasteiger partial charge in [0.1, 0.15) is 11.9 Å². The third-order valence-electron chi connectivity index (χ3n) is 3.72. The Hall–Kier alpha value is -1.76. The van der Waals surface area contributed by atoms with Gasteiger partial charge in [0.05, 0.1) is 6.54 Å². The summed E-state index contributed by atoms with van der Waals surface area (Å²) in [5, 5.41) is 3.11. The van der Waals surface area contributed by atoms with Crippen LogP contribution in [0.2, 0.25) is 0 Å². The van der Waals surface area contributed by atoms with Gasteiger partial charge >= 0.3 is 0 Å². The van der Waals surface area contributed by atoms with Gasteiger partial charge in [-0.1, -0.05) is 24.3 Å². The number of nitrogens with zero attached hydrogens (tertiary/aromatic N) is 1. The lowest BCUT2D eigenvalue weighted by atomic mass is 10.1. The Kier molecular flexibility index (Phi) is 8.04. The summed E-state index contributed by atoms with van der Waals surface area (Å²) in [5.41, 5.74) is 10.5. The van der Waals surface area contributed by atoms with Gasteiger partial charge in [0, 0.05) is 5.69 Å². The summed E-state index contributed by atoms with van der Waals surface area (Å²) in [6.45, 7) is 8.67. The second-order valence-electron chi connectivity index (χ2n) is 5.84. The van der Waals surface area contributed by atoms with Crippen molar-refractivity contribution in [3.8, 4) is 5.75 Å². The third kappa shape index (κ3) is 6.03. The molecule has 130 valence electrons. The summed E-state index contributed by atoms with van der Waals surface area (Å²) >= 11 is 0. The van der Waals surface area contributed by atoms with Crippen molar-refractivity contribution in [3.63, 3.8) is 0 Å². The number of aliphatic imine (C=N–C) groups is 1. The number of nitrogens with one attached hydrogen (secondary N) is 1. The lowest BCUT2D eigenvalue weighted by Gasteiger charge is -2.15. The van der Waals surface area contributed by atoms with Gasteiger partial charge in [-0.3, -0.25) is 0 Å². The maximum Gasteiger partial charge on any atom is 0.193 e. The number of aryl methyl sites for hydroxylation is 3. The molecule has 1 atom stereocenters. The van der Waals surface area contributed by atoms with Gasteiger partial charge in [-0.25, -0.2) is 4.99 Å². The zero-order valence-electron chi connectivity index (χ0n) is 14.7. The van der Waals surface area contributed by atoms with Crippen LogP contribution in [0.15, 0.2) is 47.5 Å². The zero-order chi connectivity index (χ0) is 16.8. The summed E-state index contributed by atoms with van der Waals surface area (Å²) in [5.74, 6) is 1.28. The first-order valence-corrected chi connectivity index (χ1v) is 7.82. The molecule has 0 radical (unpaired) electrons. The molecule has 3 N–H and O–H groups in total. The maximum absolute atomic E-state index is 5.95. The lowest BCUT2D eigenvalue weighted by molar-refractivity contribution is 0.229. The second-order valence-corrected chi connectivity index (χ2v) is 5.84. The highest BCUT2D eigenvalue weighted by Gasteiger charge is 2.06. The Labute approximate surface area is 161 Å². The van der Waals surface area contributed by atoms with Gasteiger partial charge in [-0.2, -0.15) is 0 Å². The Morgan fingerprint density at radius 3 is 2.46 bits per heavy atom. The molecule has 0 aromatic heterocycles. The molecule has 0 saturated heterocycles. The number of ether oxygens (including phenoxy) is 1. The molecule has 0 saturated carbocycles. The molecule has 24 heavy (non-hydrogen) atoms. The number of nitrogens with two attached hydrogens (primary N) is 1. The van der Waals surface area contributed by atoms with Crippen LogP contribution in [0.25, 0.3) is 0 Å². The number of rotatable bonds is 5. The first-order valence-electron chi connectivity index (χ1n) is 7.82. The Balaban J connectivity index is 0.00000288. The minimum Gasteiger partial charge on any atom is -0.489 e. The number of hydrogen-bond donors (Lipinski definition) is 2. The summed E-state index contributed by atoms with van der Waals surface area (Å²) < 4.78 is 5.89. The summed E-state index contributed by atoms with van der Waals surface area (Å²) in [6, 6.07) is 14.1. The van der Waals surface area contributed by atoms with Crippen LogP contribution in [-0.4, -0.2) is 18.6 Å². The summed E-state index contributed by atoms with van der Waals surface area (Å²) in [7, 11) is 0. The van der Waals surface area contributed by atoms with Crippen molar-refractivity contribution in [1.29, 1.82) is 0 Å². The van der Waals surface area contributed by atoms with Crippen LogP contribution in [0.1, 0.15) is 23.6 Å². The van der Waals surface area contributed by atoms with E-state index in [-0.39, 0.29) is 30.1 Å². The molecule has 0 aliphatic heterocycles. The number of halogens is 1. The molecule has 4 nitrogen and oxygen atoms in total. The predicted molar refractivity (Wildman–Crippen MR) is 113 cm³/mol. The van der Waals surface area contributed by atoms with Crippen molar-refractivity contribution < 1.29 is 4.74 Å². The number of hydrogen-bond acceptors (Lipinski definition) is 2. The van der Waals surface area contributed by atoms with Gasteiger partial charge in [-0.05, 0) is 62.6 Å². The molecule has 0 fully saturated rings. The van der Waals surface area contributed by atoms with Gasteiger partial charge in [0.25, 0.3) is 0 Å². The average Bonchev–Trinajstić information content (AvgIpc) is 2.51. The third-order valence-corrected chi connectivity index (χ3v) is 3.72. The van der Waals surface area contributed by atoms with Crippen molar-refractivity contribution in [3.05, 3.63) is 59.2 Å². The molecule has 0 heterocycles. The highest BCUT2D eigenvalue weighted by Crippen LogP contribution is 2.18. The fraction of sp³-hybridized carbons (Fsp3) is 0.316. The topological polar surface area (TPSA) is 59.6 Å². The molecule has 1 unspecified atom stereocenters. The number of anilines is 1. The van der Waals surface area contributed by atoms with E-state index in [0.29, 0.717) is 12.5 Å². The van der Waals surface area contributed by atoms with Crippen molar-refractivity contribution >= 4 is 35.6 Å². The van der Waals surface area contributed by atoms with E-state index in [0.717, 1.165) is 17.0 Å². The van der Waals surface area contributed by atoms with Crippen LogP contribution in [0.3, 0.4) is 0 Å². The number of para-hydroxylation sites is 1. The van der Waals surface area contributed by atoms with Crippen LogP contribution in [0.4, 0.5) is 5.69 Å².